The van der Waals surface area contributed by atoms with E-state index >= 15 is 0 Å². The minimum absolute atomic E-state index is 0.307. The van der Waals surface area contributed by atoms with E-state index in [0.717, 1.165) is 34.2 Å². The summed E-state index contributed by atoms with van der Waals surface area (Å²) in [6.07, 6.45) is 0.732. The highest BCUT2D eigenvalue weighted by atomic mass is 35.5. The lowest BCUT2D eigenvalue weighted by Crippen LogP contribution is -2.32. The number of hydrogen-bond acceptors (Lipinski definition) is 4. The standard InChI is InChI=1S/C21H19ClFNO3/c1-3-13-8-19(25)27-21-12(2)20-14(7-15(13)21)9-24(11-26-20)10-16-17(22)5-4-6-18(16)23/h4-8H,3,9-11H2,1-2H3. The third-order valence-electron chi connectivity index (χ3n) is 4.99. The Kier molecular flexibility index (Phi) is 4.66. The van der Waals surface area contributed by atoms with Gasteiger partial charge in [0.15, 0.2) is 0 Å². The fourth-order valence-corrected chi connectivity index (χ4v) is 3.86. The van der Waals surface area contributed by atoms with Crippen LogP contribution in [0, 0.1) is 12.7 Å². The van der Waals surface area contributed by atoms with Gasteiger partial charge in [-0.2, -0.15) is 0 Å². The zero-order valence-electron chi connectivity index (χ0n) is 15.1. The maximum atomic E-state index is 14.1. The molecule has 0 spiro atoms. The Morgan fingerprint density at radius 1 is 1.30 bits per heavy atom. The number of halogens is 2. The average Bonchev–Trinajstić information content (AvgIpc) is 2.65. The molecule has 27 heavy (non-hydrogen) atoms. The molecule has 1 aliphatic heterocycles. The van der Waals surface area contributed by atoms with E-state index in [1.165, 1.54) is 12.1 Å². The van der Waals surface area contributed by atoms with Crippen molar-refractivity contribution in [2.45, 2.75) is 33.4 Å². The fourth-order valence-electron chi connectivity index (χ4n) is 3.63. The lowest BCUT2D eigenvalue weighted by molar-refractivity contribution is 0.0871. The van der Waals surface area contributed by atoms with Crippen LogP contribution in [0.25, 0.3) is 11.0 Å². The van der Waals surface area contributed by atoms with Crippen molar-refractivity contribution in [1.29, 1.82) is 0 Å². The van der Waals surface area contributed by atoms with E-state index in [4.69, 9.17) is 20.8 Å². The van der Waals surface area contributed by atoms with Crippen LogP contribution in [0.4, 0.5) is 4.39 Å². The number of rotatable bonds is 3. The van der Waals surface area contributed by atoms with Crippen LogP contribution in [-0.2, 0) is 19.5 Å². The number of fused-ring (bicyclic) bond motifs is 2. The molecule has 3 aromatic rings. The normalized spacial score (nSPS) is 14.2. The van der Waals surface area contributed by atoms with Gasteiger partial charge in [-0.25, -0.2) is 9.18 Å². The van der Waals surface area contributed by atoms with E-state index in [0.29, 0.717) is 36.0 Å². The van der Waals surface area contributed by atoms with Crippen molar-refractivity contribution in [2.24, 2.45) is 0 Å². The Morgan fingerprint density at radius 3 is 2.85 bits per heavy atom. The van der Waals surface area contributed by atoms with Gasteiger partial charge >= 0.3 is 5.63 Å². The Labute approximate surface area is 161 Å². The number of benzene rings is 2. The highest BCUT2D eigenvalue weighted by molar-refractivity contribution is 6.31. The topological polar surface area (TPSA) is 42.7 Å². The molecule has 2 heterocycles. The second-order valence-electron chi connectivity index (χ2n) is 6.77. The molecule has 0 amide bonds. The Bertz CT molecular complexity index is 1070. The third kappa shape index (κ3) is 3.22. The average molecular weight is 388 g/mol. The van der Waals surface area contributed by atoms with Gasteiger partial charge in [-0.3, -0.25) is 4.90 Å². The van der Waals surface area contributed by atoms with E-state index in [2.05, 4.69) is 0 Å². The molecule has 4 nitrogen and oxygen atoms in total. The smallest absolute Gasteiger partial charge is 0.336 e. The van der Waals surface area contributed by atoms with Crippen molar-refractivity contribution < 1.29 is 13.5 Å². The van der Waals surface area contributed by atoms with Crippen LogP contribution in [0.15, 0.2) is 39.5 Å². The van der Waals surface area contributed by atoms with Gasteiger partial charge in [0.2, 0.25) is 0 Å². The van der Waals surface area contributed by atoms with E-state index in [1.807, 2.05) is 24.8 Å². The van der Waals surface area contributed by atoms with Crippen LogP contribution in [0.1, 0.15) is 29.2 Å². The summed E-state index contributed by atoms with van der Waals surface area (Å²) in [5.74, 6) is 0.410. The summed E-state index contributed by atoms with van der Waals surface area (Å²) in [4.78, 5) is 13.8. The molecule has 0 fully saturated rings. The first-order valence-electron chi connectivity index (χ1n) is 8.85. The van der Waals surface area contributed by atoms with Gasteiger partial charge in [-0.15, -0.1) is 0 Å². The molecule has 0 aliphatic carbocycles. The van der Waals surface area contributed by atoms with Crippen molar-refractivity contribution in [1.82, 2.24) is 4.90 Å². The van der Waals surface area contributed by atoms with Crippen LogP contribution in [-0.4, -0.2) is 11.6 Å². The Morgan fingerprint density at radius 2 is 2.11 bits per heavy atom. The molecule has 0 N–H and O–H groups in total. The molecule has 1 aromatic heterocycles. The van der Waals surface area contributed by atoms with Crippen LogP contribution in [0.3, 0.4) is 0 Å². The highest BCUT2D eigenvalue weighted by Crippen LogP contribution is 2.36. The van der Waals surface area contributed by atoms with Crippen LogP contribution >= 0.6 is 11.6 Å². The number of nitrogens with zero attached hydrogens (tertiary/aromatic N) is 1. The highest BCUT2D eigenvalue weighted by Gasteiger charge is 2.24. The second-order valence-corrected chi connectivity index (χ2v) is 7.18. The largest absolute Gasteiger partial charge is 0.477 e. The monoisotopic (exact) mass is 387 g/mol. The van der Waals surface area contributed by atoms with E-state index in [1.54, 1.807) is 12.1 Å². The molecule has 140 valence electrons. The zero-order chi connectivity index (χ0) is 19.1. The summed E-state index contributed by atoms with van der Waals surface area (Å²) < 4.78 is 25.5. The molecule has 2 aromatic carbocycles. The SMILES string of the molecule is CCc1cc(=O)oc2c(C)c3c(cc12)CN(Cc1c(F)cccc1Cl)CO3. The predicted molar refractivity (Wildman–Crippen MR) is 103 cm³/mol. The third-order valence-corrected chi connectivity index (χ3v) is 5.34. The Balaban J connectivity index is 1.73. The van der Waals surface area contributed by atoms with Gasteiger partial charge in [0, 0.05) is 46.3 Å². The molecule has 0 atom stereocenters. The number of aryl methyl sites for hydroxylation is 2. The van der Waals surface area contributed by atoms with Crippen molar-refractivity contribution in [3.8, 4) is 5.75 Å². The summed E-state index contributed by atoms with van der Waals surface area (Å²) in [5, 5.41) is 1.33. The predicted octanol–water partition coefficient (Wildman–Crippen LogP) is 4.81. The summed E-state index contributed by atoms with van der Waals surface area (Å²) in [7, 11) is 0. The molecule has 4 rings (SSSR count). The van der Waals surface area contributed by atoms with Crippen molar-refractivity contribution >= 4 is 22.6 Å². The lowest BCUT2D eigenvalue weighted by atomic mass is 9.99. The first kappa shape index (κ1) is 18.0. The van der Waals surface area contributed by atoms with Gasteiger partial charge in [0.1, 0.15) is 23.9 Å². The fraction of sp³-hybridized carbons (Fsp3) is 0.286. The molecule has 0 saturated carbocycles. The Hall–Kier alpha value is -2.37. The molecule has 0 saturated heterocycles. The molecule has 0 unspecified atom stereocenters. The van der Waals surface area contributed by atoms with E-state index in [-0.39, 0.29) is 11.4 Å². The summed E-state index contributed by atoms with van der Waals surface area (Å²) in [6, 6.07) is 8.24. The van der Waals surface area contributed by atoms with Crippen LogP contribution < -0.4 is 10.4 Å². The number of hydrogen-bond donors (Lipinski definition) is 0. The van der Waals surface area contributed by atoms with Crippen molar-refractivity contribution in [3.05, 3.63) is 73.8 Å². The van der Waals surface area contributed by atoms with Gasteiger partial charge in [-0.1, -0.05) is 24.6 Å². The van der Waals surface area contributed by atoms with Crippen molar-refractivity contribution in [2.75, 3.05) is 6.73 Å². The minimum Gasteiger partial charge on any atom is -0.477 e. The van der Waals surface area contributed by atoms with Crippen molar-refractivity contribution in [3.63, 3.8) is 0 Å². The van der Waals surface area contributed by atoms with Gasteiger partial charge in [0.05, 0.1) is 0 Å². The summed E-state index contributed by atoms with van der Waals surface area (Å²) >= 11 is 6.16. The first-order chi connectivity index (χ1) is 13.0. The minimum atomic E-state index is -0.353. The van der Waals surface area contributed by atoms with Gasteiger partial charge < -0.3 is 9.15 Å². The number of ether oxygens (including phenoxy) is 1. The van der Waals surface area contributed by atoms with E-state index in [9.17, 15) is 9.18 Å². The molecular weight excluding hydrogens is 369 g/mol. The maximum Gasteiger partial charge on any atom is 0.336 e. The maximum absolute atomic E-state index is 14.1. The quantitative estimate of drug-likeness (QED) is 0.605. The second kappa shape index (κ2) is 6.98. The zero-order valence-corrected chi connectivity index (χ0v) is 15.9. The van der Waals surface area contributed by atoms with E-state index < -0.39 is 0 Å². The summed E-state index contributed by atoms with van der Waals surface area (Å²) in [6.45, 7) is 5.16. The van der Waals surface area contributed by atoms with Gasteiger partial charge in [-0.05, 0) is 37.1 Å². The molecule has 0 radical (unpaired) electrons. The van der Waals surface area contributed by atoms with Crippen LogP contribution in [0.2, 0.25) is 5.02 Å². The molecular formula is C21H19ClFNO3. The lowest BCUT2D eigenvalue weighted by Gasteiger charge is -2.30. The molecule has 0 bridgehead atoms. The molecule has 1 aliphatic rings. The first-order valence-corrected chi connectivity index (χ1v) is 9.23. The molecule has 6 heteroatoms. The van der Waals surface area contributed by atoms with Crippen LogP contribution in [0.5, 0.6) is 5.75 Å². The summed E-state index contributed by atoms with van der Waals surface area (Å²) in [5.41, 5.74) is 3.43. The van der Waals surface area contributed by atoms with Gasteiger partial charge in [0.25, 0.3) is 0 Å².